The van der Waals surface area contributed by atoms with Crippen molar-refractivity contribution in [2.24, 2.45) is 5.84 Å². The fourth-order valence-corrected chi connectivity index (χ4v) is 1.50. The van der Waals surface area contributed by atoms with Gasteiger partial charge in [-0.15, -0.1) is 0 Å². The second kappa shape index (κ2) is 6.07. The van der Waals surface area contributed by atoms with Crippen LogP contribution in [-0.2, 0) is 10.9 Å². The molecule has 0 bridgehead atoms. The molecule has 0 aliphatic rings. The number of nitrogens with one attached hydrogen (secondary N) is 1. The summed E-state index contributed by atoms with van der Waals surface area (Å²) in [5.74, 6) is 5.27. The van der Waals surface area contributed by atoms with Crippen LogP contribution in [0.1, 0.15) is 12.5 Å². The minimum absolute atomic E-state index is 0.0401. The van der Waals surface area contributed by atoms with Gasteiger partial charge >= 0.3 is 6.18 Å². The number of ether oxygens (including phenoxy) is 1. The fourth-order valence-electron chi connectivity index (χ4n) is 1.50. The first kappa shape index (κ1) is 15.5. The summed E-state index contributed by atoms with van der Waals surface area (Å²) in [5.41, 5.74) is 1.33. The lowest BCUT2D eigenvalue weighted by Gasteiger charge is -2.23. The van der Waals surface area contributed by atoms with Crippen LogP contribution >= 0.6 is 0 Å². The summed E-state index contributed by atoms with van der Waals surface area (Å²) in [6.45, 7) is 2.22. The number of alkyl halides is 3. The Morgan fingerprint density at radius 2 is 2.11 bits per heavy atom. The van der Waals surface area contributed by atoms with Crippen molar-refractivity contribution < 1.29 is 17.9 Å². The second-order valence-electron chi connectivity index (χ2n) is 4.17. The smallest absolute Gasteiger partial charge is 0.380 e. The molecule has 0 aliphatic carbocycles. The summed E-state index contributed by atoms with van der Waals surface area (Å²) in [4.78, 5) is 5.56. The first-order valence-electron chi connectivity index (χ1n) is 5.57. The molecule has 0 saturated heterocycles. The Hall–Kier alpha value is -1.54. The molecule has 0 fully saturated rings. The zero-order valence-electron chi connectivity index (χ0n) is 11.0. The van der Waals surface area contributed by atoms with Crippen LogP contribution in [0.2, 0.25) is 0 Å². The van der Waals surface area contributed by atoms with E-state index in [0.29, 0.717) is 6.54 Å². The van der Waals surface area contributed by atoms with Crippen LogP contribution < -0.4 is 16.2 Å². The number of nitrogen functional groups attached to an aromatic ring is 1. The Labute approximate surface area is 109 Å². The van der Waals surface area contributed by atoms with E-state index in [1.54, 1.807) is 11.9 Å². The van der Waals surface area contributed by atoms with Gasteiger partial charge in [-0.1, -0.05) is 0 Å². The van der Waals surface area contributed by atoms with Gasteiger partial charge < -0.3 is 15.1 Å². The van der Waals surface area contributed by atoms with Gasteiger partial charge in [-0.3, -0.25) is 0 Å². The number of halogens is 3. The van der Waals surface area contributed by atoms with E-state index in [1.807, 2.05) is 6.92 Å². The van der Waals surface area contributed by atoms with Crippen molar-refractivity contribution in [1.29, 1.82) is 0 Å². The molecule has 1 aromatic heterocycles. The van der Waals surface area contributed by atoms with Crippen LogP contribution in [0.15, 0.2) is 12.1 Å². The van der Waals surface area contributed by atoms with Gasteiger partial charge in [0.05, 0.1) is 11.7 Å². The third-order valence-electron chi connectivity index (χ3n) is 2.61. The number of rotatable bonds is 5. The van der Waals surface area contributed by atoms with E-state index in [2.05, 4.69) is 10.4 Å². The number of methoxy groups -OCH3 is 1. The minimum atomic E-state index is -4.45. The van der Waals surface area contributed by atoms with Crippen LogP contribution in [0.25, 0.3) is 0 Å². The summed E-state index contributed by atoms with van der Waals surface area (Å²) in [5, 5.41) is 0. The van der Waals surface area contributed by atoms with E-state index in [0.717, 1.165) is 12.1 Å². The van der Waals surface area contributed by atoms with E-state index in [1.165, 1.54) is 7.11 Å². The van der Waals surface area contributed by atoms with Crippen molar-refractivity contribution in [2.75, 3.05) is 31.0 Å². The van der Waals surface area contributed by atoms with Crippen molar-refractivity contribution in [3.05, 3.63) is 17.7 Å². The first-order valence-corrected chi connectivity index (χ1v) is 5.57. The molecular formula is C11H17F3N4O. The van der Waals surface area contributed by atoms with E-state index in [9.17, 15) is 13.2 Å². The zero-order chi connectivity index (χ0) is 14.6. The van der Waals surface area contributed by atoms with Crippen LogP contribution in [0, 0.1) is 0 Å². The Morgan fingerprint density at radius 1 is 1.47 bits per heavy atom. The van der Waals surface area contributed by atoms with E-state index in [4.69, 9.17) is 10.6 Å². The first-order chi connectivity index (χ1) is 8.77. The maximum absolute atomic E-state index is 12.7. The summed E-state index contributed by atoms with van der Waals surface area (Å²) < 4.78 is 43.3. The molecule has 0 aliphatic heterocycles. The number of hydrogen-bond acceptors (Lipinski definition) is 5. The fraction of sp³-hybridized carbons (Fsp3) is 0.545. The van der Waals surface area contributed by atoms with Crippen molar-refractivity contribution >= 4 is 11.6 Å². The van der Waals surface area contributed by atoms with E-state index in [-0.39, 0.29) is 17.7 Å². The number of anilines is 2. The largest absolute Gasteiger partial charge is 0.416 e. The molecule has 1 aromatic rings. The van der Waals surface area contributed by atoms with Gasteiger partial charge in [0.25, 0.3) is 0 Å². The maximum atomic E-state index is 12.7. The molecule has 1 atom stereocenters. The van der Waals surface area contributed by atoms with Gasteiger partial charge in [-0.05, 0) is 19.1 Å². The summed E-state index contributed by atoms with van der Waals surface area (Å²) in [6, 6.07) is 1.83. The van der Waals surface area contributed by atoms with E-state index >= 15 is 0 Å². The molecule has 1 rings (SSSR count). The van der Waals surface area contributed by atoms with Crippen molar-refractivity contribution in [3.8, 4) is 0 Å². The summed E-state index contributed by atoms with van der Waals surface area (Å²) >= 11 is 0. The molecule has 8 heteroatoms. The molecular weight excluding hydrogens is 261 g/mol. The summed E-state index contributed by atoms with van der Waals surface area (Å²) in [6.07, 6.45) is -4.58. The van der Waals surface area contributed by atoms with Crippen LogP contribution in [0.3, 0.4) is 0 Å². The Bertz CT molecular complexity index is 425. The zero-order valence-corrected chi connectivity index (χ0v) is 11.0. The Balaban J connectivity index is 3.06. The molecule has 19 heavy (non-hydrogen) atoms. The Kier molecular flexibility index (Phi) is 4.96. The highest BCUT2D eigenvalue weighted by molar-refractivity contribution is 5.50. The average molecular weight is 278 g/mol. The lowest BCUT2D eigenvalue weighted by atomic mass is 10.2. The van der Waals surface area contributed by atoms with Gasteiger partial charge in [0, 0.05) is 20.7 Å². The van der Waals surface area contributed by atoms with Crippen molar-refractivity contribution in [1.82, 2.24) is 4.98 Å². The number of likely N-dealkylation sites (N-methyl/N-ethyl adjacent to an activating group) is 1. The third-order valence-corrected chi connectivity index (χ3v) is 2.61. The molecule has 1 heterocycles. The normalized spacial score (nSPS) is 13.2. The summed E-state index contributed by atoms with van der Waals surface area (Å²) in [7, 11) is 3.17. The molecule has 0 radical (unpaired) electrons. The van der Waals surface area contributed by atoms with Crippen LogP contribution in [0.4, 0.5) is 24.8 Å². The number of hydrazine groups is 1. The van der Waals surface area contributed by atoms with Crippen molar-refractivity contribution in [3.63, 3.8) is 0 Å². The number of nitrogens with two attached hydrogens (primary N) is 1. The Morgan fingerprint density at radius 3 is 2.58 bits per heavy atom. The van der Waals surface area contributed by atoms with E-state index < -0.39 is 11.7 Å². The third kappa shape index (κ3) is 4.25. The van der Waals surface area contributed by atoms with Gasteiger partial charge in [-0.2, -0.15) is 13.2 Å². The highest BCUT2D eigenvalue weighted by atomic mass is 19.4. The SMILES string of the molecule is COC(C)CN(C)c1cc(C(F)(F)F)cc(NN)n1. The molecule has 0 saturated carbocycles. The maximum Gasteiger partial charge on any atom is 0.416 e. The molecule has 3 N–H and O–H groups in total. The number of nitrogens with zero attached hydrogens (tertiary/aromatic N) is 2. The van der Waals surface area contributed by atoms with Gasteiger partial charge in [0.2, 0.25) is 0 Å². The molecule has 108 valence electrons. The average Bonchev–Trinajstić information content (AvgIpc) is 2.36. The monoisotopic (exact) mass is 278 g/mol. The van der Waals surface area contributed by atoms with Gasteiger partial charge in [0.15, 0.2) is 0 Å². The van der Waals surface area contributed by atoms with Crippen molar-refractivity contribution in [2.45, 2.75) is 19.2 Å². The molecule has 1 unspecified atom stereocenters. The molecule has 0 amide bonds. The lowest BCUT2D eigenvalue weighted by Crippen LogP contribution is -2.29. The highest BCUT2D eigenvalue weighted by Crippen LogP contribution is 2.32. The van der Waals surface area contributed by atoms with Crippen LogP contribution in [0.5, 0.6) is 0 Å². The second-order valence-corrected chi connectivity index (χ2v) is 4.17. The number of pyridine rings is 1. The molecule has 5 nitrogen and oxygen atoms in total. The lowest BCUT2D eigenvalue weighted by molar-refractivity contribution is -0.137. The van der Waals surface area contributed by atoms with Gasteiger partial charge in [0.1, 0.15) is 11.6 Å². The topological polar surface area (TPSA) is 63.4 Å². The predicted molar refractivity (Wildman–Crippen MR) is 66.8 cm³/mol. The predicted octanol–water partition coefficient (Wildman–Crippen LogP) is 1.86. The van der Waals surface area contributed by atoms with Gasteiger partial charge in [-0.25, -0.2) is 10.8 Å². The quantitative estimate of drug-likeness (QED) is 0.636. The number of hydrogen-bond donors (Lipinski definition) is 2. The minimum Gasteiger partial charge on any atom is -0.380 e. The molecule has 0 spiro atoms. The van der Waals surface area contributed by atoms with Crippen LogP contribution in [-0.4, -0.2) is 31.8 Å². The molecule has 0 aromatic carbocycles. The highest BCUT2D eigenvalue weighted by Gasteiger charge is 2.32. The number of aromatic nitrogens is 1. The standard InChI is InChI=1S/C11H17F3N4O/c1-7(19-3)6-18(2)10-5-8(11(12,13)14)4-9(16-10)17-15/h4-5,7H,6,15H2,1-3H3,(H,16,17).